The second-order valence-electron chi connectivity index (χ2n) is 8.74. The monoisotopic (exact) mass is 868 g/mol. The molecule has 0 N–H and O–H groups in total. The largest absolute Gasteiger partial charge is 0.741 e. The van der Waals surface area contributed by atoms with Gasteiger partial charge in [-0.25, -0.2) is 16.8 Å². The highest BCUT2D eigenvalue weighted by Crippen LogP contribution is 2.21. The molecule has 0 fully saturated rings. The number of hydrogen-bond acceptors (Lipinski definition) is 6. The molecule has 2 aromatic heterocycles. The molecule has 0 aromatic carbocycles. The molecule has 41 heavy (non-hydrogen) atoms. The number of hydrogen-bond donors (Lipinski definition) is 0. The van der Waals surface area contributed by atoms with Gasteiger partial charge in [0.05, 0.1) is 25.5 Å². The fraction of sp³-hybridized carbons (Fsp3) is 0.714. The molecule has 10 nitrogen and oxygen atoms in total. The summed E-state index contributed by atoms with van der Waals surface area (Å²) >= 11 is 4.76. The van der Waals surface area contributed by atoms with Gasteiger partial charge in [-0.15, -0.1) is 9.36 Å². The van der Waals surface area contributed by atoms with E-state index in [1.807, 2.05) is 0 Å². The van der Waals surface area contributed by atoms with Crippen LogP contribution in [0.2, 0.25) is 0 Å². The molecule has 0 aliphatic heterocycles. The van der Waals surface area contributed by atoms with Gasteiger partial charge in [-0.2, -0.15) is 35.7 Å². The molecular formula is C21H32F6I2N4O6S2. The lowest BCUT2D eigenvalue weighted by Crippen LogP contribution is -2.37. The van der Waals surface area contributed by atoms with E-state index in [0.717, 1.165) is 13.1 Å². The maximum Gasteiger partial charge on any atom is 0.485 e. The van der Waals surface area contributed by atoms with Crippen LogP contribution in [-0.4, -0.2) is 46.3 Å². The van der Waals surface area contributed by atoms with E-state index in [0.29, 0.717) is 0 Å². The number of halogens is 8. The fourth-order valence-corrected chi connectivity index (χ4v) is 4.72. The molecule has 0 saturated heterocycles. The Balaban J connectivity index is 0.000000820. The van der Waals surface area contributed by atoms with Gasteiger partial charge in [0, 0.05) is 0 Å². The zero-order chi connectivity index (χ0) is 32.1. The standard InChI is InChI=1S/C19H32I2N4.2CHF3O3S/c1-22-14-18(20)16-24(22)12-10-8-6-4-3-5-7-9-11-13-25-17-19(21)15-23(25)2;2*2-1(3,4)8(5,6)7/h14-17H,3-13H2,1-2H3;2*(H,5,6,7)/q+2;;/p-2. The van der Waals surface area contributed by atoms with Gasteiger partial charge in [0.15, 0.2) is 34.3 Å². The molecular weight excluding hydrogens is 836 g/mol. The number of aryl methyl sites for hydroxylation is 4. The van der Waals surface area contributed by atoms with Gasteiger partial charge in [0.2, 0.25) is 12.4 Å². The summed E-state index contributed by atoms with van der Waals surface area (Å²) in [6.45, 7) is 2.30. The SMILES string of the molecule is C[n+]1cc(I)cn1CCCCCCCCCCCn1cc(I)c[n+]1C.O=S(=O)([O-])C(F)(F)F.O=S(=O)([O-])C(F)(F)F. The van der Waals surface area contributed by atoms with Gasteiger partial charge < -0.3 is 9.11 Å². The minimum atomic E-state index is -6.09. The quantitative estimate of drug-likeness (QED) is 0.0774. The Kier molecular flexibility index (Phi) is 17.9. The lowest BCUT2D eigenvalue weighted by molar-refractivity contribution is -0.754. The number of aromatic nitrogens is 4. The van der Waals surface area contributed by atoms with Crippen molar-refractivity contribution in [3.63, 3.8) is 0 Å². The molecule has 0 aliphatic carbocycles. The van der Waals surface area contributed by atoms with Crippen LogP contribution in [0.15, 0.2) is 24.8 Å². The average molecular weight is 868 g/mol. The molecule has 0 radical (unpaired) electrons. The van der Waals surface area contributed by atoms with Gasteiger partial charge in [-0.1, -0.05) is 44.9 Å². The number of unbranched alkanes of at least 4 members (excludes halogenated alkanes) is 8. The summed E-state index contributed by atoms with van der Waals surface area (Å²) in [5.41, 5.74) is -11.3. The molecule has 0 atom stereocenters. The number of nitrogens with zero attached hydrogens (tertiary/aromatic N) is 4. The topological polar surface area (TPSA) is 132 Å². The third-order valence-electron chi connectivity index (χ3n) is 5.32. The summed E-state index contributed by atoms with van der Waals surface area (Å²) in [5, 5.41) is 0. The molecule has 2 aromatic rings. The minimum absolute atomic E-state index is 1.15. The van der Waals surface area contributed by atoms with Crippen LogP contribution in [0.5, 0.6) is 0 Å². The van der Waals surface area contributed by atoms with Gasteiger partial charge >= 0.3 is 11.0 Å². The highest BCUT2D eigenvalue weighted by Gasteiger charge is 2.37. The highest BCUT2D eigenvalue weighted by molar-refractivity contribution is 14.1. The van der Waals surface area contributed by atoms with E-state index in [9.17, 15) is 26.3 Å². The van der Waals surface area contributed by atoms with Gasteiger partial charge in [-0.05, 0) is 58.0 Å². The predicted molar refractivity (Wildman–Crippen MR) is 150 cm³/mol. The van der Waals surface area contributed by atoms with Crippen LogP contribution < -0.4 is 9.36 Å². The summed E-state index contributed by atoms with van der Waals surface area (Å²) in [6, 6.07) is 0. The van der Waals surface area contributed by atoms with Crippen LogP contribution in [0.1, 0.15) is 57.8 Å². The zero-order valence-corrected chi connectivity index (χ0v) is 28.1. The van der Waals surface area contributed by atoms with Gasteiger partial charge in [0.25, 0.3) is 0 Å². The summed E-state index contributed by atoms with van der Waals surface area (Å²) in [7, 11) is -7.93. The Morgan fingerprint density at radius 1 is 0.634 bits per heavy atom. The molecule has 2 heterocycles. The minimum Gasteiger partial charge on any atom is -0.741 e. The molecule has 240 valence electrons. The maximum atomic E-state index is 10.7. The Morgan fingerprint density at radius 2 is 0.854 bits per heavy atom. The normalized spacial score (nSPS) is 12.4. The first-order valence-electron chi connectivity index (χ1n) is 12.0. The second kappa shape index (κ2) is 18.2. The van der Waals surface area contributed by atoms with E-state index in [2.05, 4.69) is 103 Å². The summed E-state index contributed by atoms with van der Waals surface area (Å²) in [4.78, 5) is 0. The van der Waals surface area contributed by atoms with Crippen LogP contribution in [0, 0.1) is 7.14 Å². The van der Waals surface area contributed by atoms with E-state index in [1.165, 1.54) is 64.9 Å². The van der Waals surface area contributed by atoms with E-state index in [-0.39, 0.29) is 0 Å². The zero-order valence-electron chi connectivity index (χ0n) is 22.2. The van der Waals surface area contributed by atoms with Crippen molar-refractivity contribution >= 4 is 65.4 Å². The number of alkyl halides is 6. The smallest absolute Gasteiger partial charge is 0.485 e. The van der Waals surface area contributed by atoms with E-state index in [1.54, 1.807) is 0 Å². The van der Waals surface area contributed by atoms with Crippen molar-refractivity contribution in [2.75, 3.05) is 0 Å². The van der Waals surface area contributed by atoms with Crippen LogP contribution in [-0.2, 0) is 47.4 Å². The molecule has 0 unspecified atom stereocenters. The molecule has 0 aliphatic rings. The first-order valence-corrected chi connectivity index (χ1v) is 17.0. The van der Waals surface area contributed by atoms with Crippen molar-refractivity contribution in [1.29, 1.82) is 0 Å². The first kappa shape index (κ1) is 40.3. The lowest BCUT2D eigenvalue weighted by Gasteiger charge is -2.08. The van der Waals surface area contributed by atoms with Crippen molar-refractivity contribution in [2.24, 2.45) is 14.1 Å². The summed E-state index contributed by atoms with van der Waals surface area (Å²) in [5.74, 6) is 0. The van der Waals surface area contributed by atoms with Crippen molar-refractivity contribution in [2.45, 2.75) is 81.9 Å². The molecule has 0 amide bonds. The Morgan fingerprint density at radius 3 is 1.02 bits per heavy atom. The first-order chi connectivity index (χ1) is 18.6. The molecule has 2 rings (SSSR count). The van der Waals surface area contributed by atoms with Crippen molar-refractivity contribution in [1.82, 2.24) is 9.36 Å². The highest BCUT2D eigenvalue weighted by atomic mass is 127. The average Bonchev–Trinajstić information content (AvgIpc) is 3.28. The van der Waals surface area contributed by atoms with E-state index >= 15 is 0 Å². The van der Waals surface area contributed by atoms with Crippen LogP contribution in [0.4, 0.5) is 26.3 Å². The van der Waals surface area contributed by atoms with Gasteiger partial charge in [0.1, 0.15) is 7.14 Å². The van der Waals surface area contributed by atoms with Crippen LogP contribution in [0.25, 0.3) is 0 Å². The van der Waals surface area contributed by atoms with Crippen molar-refractivity contribution in [3.8, 4) is 0 Å². The third-order valence-corrected chi connectivity index (χ3v) is 7.56. The fourth-order valence-electron chi connectivity index (χ4n) is 3.27. The number of rotatable bonds is 12. The molecule has 0 saturated carbocycles. The van der Waals surface area contributed by atoms with E-state index in [4.69, 9.17) is 25.9 Å². The van der Waals surface area contributed by atoms with Crippen LogP contribution in [0.3, 0.4) is 0 Å². The Bertz CT molecular complexity index is 1170. The third kappa shape index (κ3) is 17.9. The van der Waals surface area contributed by atoms with Crippen LogP contribution >= 0.6 is 45.2 Å². The second-order valence-corrected chi connectivity index (χ2v) is 14.0. The Labute approximate surface area is 262 Å². The van der Waals surface area contributed by atoms with Crippen molar-refractivity contribution < 1.29 is 61.6 Å². The molecule has 20 heteroatoms. The summed E-state index contributed by atoms with van der Waals surface area (Å²) < 4.78 is 129. The summed E-state index contributed by atoms with van der Waals surface area (Å²) in [6.07, 6.45) is 21.1. The lowest BCUT2D eigenvalue weighted by atomic mass is 10.1. The predicted octanol–water partition coefficient (Wildman–Crippen LogP) is 4.46. The van der Waals surface area contributed by atoms with Crippen molar-refractivity contribution in [3.05, 3.63) is 31.9 Å². The van der Waals surface area contributed by atoms with Gasteiger partial charge in [-0.3, -0.25) is 0 Å². The maximum absolute atomic E-state index is 10.7. The molecule has 0 bridgehead atoms. The Hall–Kier alpha value is -0.720. The molecule has 0 spiro atoms. The van der Waals surface area contributed by atoms with E-state index < -0.39 is 31.3 Å².